The first kappa shape index (κ1) is 12.3. The van der Waals surface area contributed by atoms with E-state index in [9.17, 15) is 5.11 Å². The summed E-state index contributed by atoms with van der Waals surface area (Å²) in [5.41, 5.74) is 5.33. The minimum Gasteiger partial charge on any atom is -0.409 e. The first-order valence-corrected chi connectivity index (χ1v) is 5.59. The zero-order valence-electron chi connectivity index (χ0n) is 9.02. The SMILES string of the molecule is NC(CCNCC1CCCCC1O)=NO. The molecule has 15 heavy (non-hydrogen) atoms. The van der Waals surface area contributed by atoms with Gasteiger partial charge < -0.3 is 21.4 Å². The highest BCUT2D eigenvalue weighted by molar-refractivity contribution is 5.79. The summed E-state index contributed by atoms with van der Waals surface area (Å²) < 4.78 is 0. The molecule has 1 rings (SSSR count). The Kier molecular flexibility index (Phi) is 5.42. The van der Waals surface area contributed by atoms with Crippen molar-refractivity contribution in [1.29, 1.82) is 0 Å². The van der Waals surface area contributed by atoms with Crippen LogP contribution in [0.3, 0.4) is 0 Å². The van der Waals surface area contributed by atoms with E-state index in [4.69, 9.17) is 10.9 Å². The summed E-state index contributed by atoms with van der Waals surface area (Å²) in [5.74, 6) is 0.609. The van der Waals surface area contributed by atoms with Gasteiger partial charge in [-0.2, -0.15) is 0 Å². The number of oxime groups is 1. The van der Waals surface area contributed by atoms with E-state index < -0.39 is 0 Å². The number of amidine groups is 1. The van der Waals surface area contributed by atoms with Gasteiger partial charge in [0, 0.05) is 19.5 Å². The summed E-state index contributed by atoms with van der Waals surface area (Å²) in [6, 6.07) is 0. The third-order valence-corrected chi connectivity index (χ3v) is 2.96. The highest BCUT2D eigenvalue weighted by Gasteiger charge is 2.22. The Morgan fingerprint density at radius 1 is 1.40 bits per heavy atom. The average Bonchev–Trinajstić information content (AvgIpc) is 2.26. The normalized spacial score (nSPS) is 27.9. The van der Waals surface area contributed by atoms with Gasteiger partial charge in [0.25, 0.3) is 0 Å². The number of aliphatic hydroxyl groups excluding tert-OH is 1. The van der Waals surface area contributed by atoms with E-state index in [1.807, 2.05) is 0 Å². The molecular weight excluding hydrogens is 194 g/mol. The quantitative estimate of drug-likeness (QED) is 0.174. The fourth-order valence-corrected chi connectivity index (χ4v) is 1.98. The zero-order chi connectivity index (χ0) is 11.1. The van der Waals surface area contributed by atoms with Crippen molar-refractivity contribution in [2.24, 2.45) is 16.8 Å². The second-order valence-corrected chi connectivity index (χ2v) is 4.16. The molecule has 5 heteroatoms. The van der Waals surface area contributed by atoms with E-state index in [-0.39, 0.29) is 11.9 Å². The van der Waals surface area contributed by atoms with Crippen molar-refractivity contribution in [3.05, 3.63) is 0 Å². The Labute approximate surface area is 90.3 Å². The molecule has 88 valence electrons. The molecule has 1 fully saturated rings. The summed E-state index contributed by atoms with van der Waals surface area (Å²) in [4.78, 5) is 0. The number of nitrogens with zero attached hydrogens (tertiary/aromatic N) is 1. The molecule has 0 aromatic rings. The molecule has 0 aromatic heterocycles. The van der Waals surface area contributed by atoms with Crippen LogP contribution in [0.5, 0.6) is 0 Å². The number of rotatable bonds is 5. The number of hydrogen-bond donors (Lipinski definition) is 4. The fourth-order valence-electron chi connectivity index (χ4n) is 1.98. The third kappa shape index (κ3) is 4.48. The van der Waals surface area contributed by atoms with Gasteiger partial charge in [-0.25, -0.2) is 0 Å². The second-order valence-electron chi connectivity index (χ2n) is 4.16. The fraction of sp³-hybridized carbons (Fsp3) is 0.900. The van der Waals surface area contributed by atoms with Gasteiger partial charge in [0.15, 0.2) is 0 Å². The van der Waals surface area contributed by atoms with Gasteiger partial charge in [0.05, 0.1) is 6.10 Å². The standard InChI is InChI=1S/C10H21N3O2/c11-10(13-15)5-6-12-7-8-3-1-2-4-9(8)14/h8-9,12,14-15H,1-7H2,(H2,11,13). The number of hydrogen-bond acceptors (Lipinski definition) is 4. The number of nitrogens with two attached hydrogens (primary N) is 1. The van der Waals surface area contributed by atoms with Crippen LogP contribution in [0.25, 0.3) is 0 Å². The highest BCUT2D eigenvalue weighted by atomic mass is 16.4. The maximum Gasteiger partial charge on any atom is 0.140 e. The third-order valence-electron chi connectivity index (χ3n) is 2.96. The van der Waals surface area contributed by atoms with Gasteiger partial charge in [-0.15, -0.1) is 0 Å². The maximum atomic E-state index is 9.70. The van der Waals surface area contributed by atoms with Crippen molar-refractivity contribution in [1.82, 2.24) is 5.32 Å². The van der Waals surface area contributed by atoms with Crippen LogP contribution in [-0.2, 0) is 0 Å². The molecule has 1 aliphatic carbocycles. The minimum atomic E-state index is -0.157. The lowest BCUT2D eigenvalue weighted by molar-refractivity contribution is 0.0699. The van der Waals surface area contributed by atoms with E-state index >= 15 is 0 Å². The highest BCUT2D eigenvalue weighted by Crippen LogP contribution is 2.23. The molecule has 0 radical (unpaired) electrons. The molecule has 1 saturated carbocycles. The monoisotopic (exact) mass is 215 g/mol. The van der Waals surface area contributed by atoms with Gasteiger partial charge >= 0.3 is 0 Å². The average molecular weight is 215 g/mol. The van der Waals surface area contributed by atoms with Crippen LogP contribution in [0.4, 0.5) is 0 Å². The van der Waals surface area contributed by atoms with E-state index in [0.717, 1.165) is 25.8 Å². The van der Waals surface area contributed by atoms with Crippen LogP contribution < -0.4 is 11.1 Å². The Balaban J connectivity index is 2.08. The molecule has 0 amide bonds. The summed E-state index contributed by atoms with van der Waals surface area (Å²) >= 11 is 0. The van der Waals surface area contributed by atoms with Crippen molar-refractivity contribution >= 4 is 5.84 Å². The maximum absolute atomic E-state index is 9.70. The molecule has 5 N–H and O–H groups in total. The van der Waals surface area contributed by atoms with Crippen molar-refractivity contribution < 1.29 is 10.3 Å². The van der Waals surface area contributed by atoms with Crippen molar-refractivity contribution in [2.45, 2.75) is 38.2 Å². The van der Waals surface area contributed by atoms with E-state index in [1.54, 1.807) is 0 Å². The van der Waals surface area contributed by atoms with Crippen molar-refractivity contribution in [3.63, 3.8) is 0 Å². The van der Waals surface area contributed by atoms with Crippen LogP contribution in [0, 0.1) is 5.92 Å². The molecule has 2 atom stereocenters. The Morgan fingerprint density at radius 2 is 2.13 bits per heavy atom. The van der Waals surface area contributed by atoms with Gasteiger partial charge in [0.2, 0.25) is 0 Å². The summed E-state index contributed by atoms with van der Waals surface area (Å²) in [6.07, 6.45) is 4.75. The van der Waals surface area contributed by atoms with Crippen LogP contribution in [0.1, 0.15) is 32.1 Å². The number of nitrogens with one attached hydrogen (secondary N) is 1. The molecule has 0 saturated heterocycles. The molecule has 0 aliphatic heterocycles. The lowest BCUT2D eigenvalue weighted by Gasteiger charge is -2.27. The molecule has 0 bridgehead atoms. The number of aliphatic hydroxyl groups is 1. The summed E-state index contributed by atoms with van der Waals surface area (Å²) in [5, 5.41) is 24.1. The van der Waals surface area contributed by atoms with E-state index in [2.05, 4.69) is 10.5 Å². The lowest BCUT2D eigenvalue weighted by Crippen LogP contribution is -2.35. The smallest absolute Gasteiger partial charge is 0.140 e. The second kappa shape index (κ2) is 6.63. The van der Waals surface area contributed by atoms with Crippen LogP contribution in [0.2, 0.25) is 0 Å². The molecule has 0 heterocycles. The largest absolute Gasteiger partial charge is 0.409 e. The van der Waals surface area contributed by atoms with Crippen LogP contribution in [-0.4, -0.2) is 35.3 Å². The van der Waals surface area contributed by atoms with Gasteiger partial charge in [0.1, 0.15) is 5.84 Å². The molecule has 0 aromatic carbocycles. The molecule has 5 nitrogen and oxygen atoms in total. The molecule has 0 spiro atoms. The first-order valence-electron chi connectivity index (χ1n) is 5.59. The van der Waals surface area contributed by atoms with Crippen molar-refractivity contribution in [2.75, 3.05) is 13.1 Å². The topological polar surface area (TPSA) is 90.9 Å². The van der Waals surface area contributed by atoms with Gasteiger partial charge in [-0.3, -0.25) is 0 Å². The summed E-state index contributed by atoms with van der Waals surface area (Å²) in [6.45, 7) is 1.51. The Morgan fingerprint density at radius 3 is 2.80 bits per heavy atom. The van der Waals surface area contributed by atoms with E-state index in [1.165, 1.54) is 6.42 Å². The molecular formula is C10H21N3O2. The van der Waals surface area contributed by atoms with E-state index in [0.29, 0.717) is 18.9 Å². The Bertz CT molecular complexity index is 209. The Hall–Kier alpha value is -0.810. The minimum absolute atomic E-state index is 0.157. The molecule has 1 aliphatic rings. The predicted octanol–water partition coefficient (Wildman–Crippen LogP) is 0.264. The zero-order valence-corrected chi connectivity index (χ0v) is 9.02. The van der Waals surface area contributed by atoms with Gasteiger partial charge in [-0.05, 0) is 18.8 Å². The predicted molar refractivity (Wildman–Crippen MR) is 58.9 cm³/mol. The van der Waals surface area contributed by atoms with Crippen LogP contribution >= 0.6 is 0 Å². The van der Waals surface area contributed by atoms with Crippen LogP contribution in [0.15, 0.2) is 5.16 Å². The molecule has 2 unspecified atom stereocenters. The lowest BCUT2D eigenvalue weighted by atomic mass is 9.86. The summed E-state index contributed by atoms with van der Waals surface area (Å²) in [7, 11) is 0. The van der Waals surface area contributed by atoms with Crippen molar-refractivity contribution in [3.8, 4) is 0 Å². The first-order chi connectivity index (χ1) is 7.24. The van der Waals surface area contributed by atoms with Gasteiger partial charge in [-0.1, -0.05) is 18.0 Å².